The van der Waals surface area contributed by atoms with Crippen molar-refractivity contribution in [2.24, 2.45) is 5.92 Å². The number of sulfonamides is 1. The summed E-state index contributed by atoms with van der Waals surface area (Å²) in [5, 5.41) is 3.50. The van der Waals surface area contributed by atoms with Crippen molar-refractivity contribution in [2.45, 2.75) is 45.2 Å². The Labute approximate surface area is 252 Å². The van der Waals surface area contributed by atoms with Crippen LogP contribution in [0.1, 0.15) is 33.3 Å². The molecular formula is C30H35Cl2N3O5S. The molecule has 0 radical (unpaired) electrons. The zero-order valence-corrected chi connectivity index (χ0v) is 25.8. The summed E-state index contributed by atoms with van der Waals surface area (Å²) in [6.07, 6.45) is 0. The van der Waals surface area contributed by atoms with E-state index in [0.717, 1.165) is 4.31 Å². The lowest BCUT2D eigenvalue weighted by Crippen LogP contribution is -2.51. The molecule has 220 valence electrons. The third-order valence-corrected chi connectivity index (χ3v) is 8.78. The molecule has 41 heavy (non-hydrogen) atoms. The molecule has 0 fully saturated rings. The van der Waals surface area contributed by atoms with Crippen LogP contribution in [-0.4, -0.2) is 50.9 Å². The maximum atomic E-state index is 14.0. The lowest BCUT2D eigenvalue weighted by Gasteiger charge is -2.32. The topological polar surface area (TPSA) is 96.0 Å². The first-order valence-electron chi connectivity index (χ1n) is 13.3. The lowest BCUT2D eigenvalue weighted by molar-refractivity contribution is -0.139. The molecule has 3 aromatic rings. The smallest absolute Gasteiger partial charge is 0.264 e. The van der Waals surface area contributed by atoms with E-state index >= 15 is 0 Å². The third-order valence-electron chi connectivity index (χ3n) is 6.29. The van der Waals surface area contributed by atoms with Gasteiger partial charge in [0.15, 0.2) is 0 Å². The van der Waals surface area contributed by atoms with Gasteiger partial charge in [-0.15, -0.1) is 0 Å². The number of para-hydroxylation sites is 1. The molecule has 11 heteroatoms. The van der Waals surface area contributed by atoms with Crippen LogP contribution in [0, 0.1) is 5.92 Å². The summed E-state index contributed by atoms with van der Waals surface area (Å²) in [7, 11) is -4.19. The molecule has 0 unspecified atom stereocenters. The fourth-order valence-electron chi connectivity index (χ4n) is 4.01. The van der Waals surface area contributed by atoms with E-state index in [0.29, 0.717) is 40.2 Å². The number of nitrogens with one attached hydrogen (secondary N) is 1. The second-order valence-electron chi connectivity index (χ2n) is 9.79. The second-order valence-corrected chi connectivity index (χ2v) is 12.5. The minimum absolute atomic E-state index is 0.0129. The molecule has 0 aliphatic heterocycles. The number of anilines is 1. The summed E-state index contributed by atoms with van der Waals surface area (Å²) in [5.41, 5.74) is 0.746. The number of rotatable bonds is 13. The van der Waals surface area contributed by atoms with Gasteiger partial charge in [0.2, 0.25) is 11.8 Å². The first-order chi connectivity index (χ1) is 19.4. The summed E-state index contributed by atoms with van der Waals surface area (Å²) >= 11 is 12.8. The van der Waals surface area contributed by atoms with E-state index in [2.05, 4.69) is 5.32 Å². The molecule has 3 rings (SSSR count). The number of carbonyl (C=O) groups excluding carboxylic acids is 2. The molecule has 0 aliphatic rings. The van der Waals surface area contributed by atoms with Crippen LogP contribution in [-0.2, 0) is 26.2 Å². The maximum Gasteiger partial charge on any atom is 0.264 e. The predicted octanol–water partition coefficient (Wildman–Crippen LogP) is 5.78. The number of ether oxygens (including phenoxy) is 1. The Kier molecular flexibility index (Phi) is 11.5. The zero-order chi connectivity index (χ0) is 30.2. The van der Waals surface area contributed by atoms with Crippen molar-refractivity contribution in [1.29, 1.82) is 0 Å². The molecular weight excluding hydrogens is 585 g/mol. The Morgan fingerprint density at radius 3 is 2.07 bits per heavy atom. The SMILES string of the molecule is CCOc1ccc(S(=O)(=O)N(CC(=O)N(Cc2c(Cl)cccc2Cl)[C@H](C)C(=O)NCC(C)C)c2ccccc2)cc1. The molecule has 0 aromatic heterocycles. The normalized spacial score (nSPS) is 12.1. The number of amides is 2. The zero-order valence-electron chi connectivity index (χ0n) is 23.5. The maximum absolute atomic E-state index is 14.0. The van der Waals surface area contributed by atoms with Gasteiger partial charge in [0, 0.05) is 28.7 Å². The van der Waals surface area contributed by atoms with Crippen molar-refractivity contribution in [3.8, 4) is 5.75 Å². The fraction of sp³-hybridized carbons (Fsp3) is 0.333. The Bertz CT molecular complexity index is 1410. The van der Waals surface area contributed by atoms with Crippen LogP contribution in [0.5, 0.6) is 5.75 Å². The summed E-state index contributed by atoms with van der Waals surface area (Å²) < 4.78 is 34.3. The van der Waals surface area contributed by atoms with Gasteiger partial charge in [-0.3, -0.25) is 13.9 Å². The van der Waals surface area contributed by atoms with Gasteiger partial charge in [-0.05, 0) is 68.3 Å². The van der Waals surface area contributed by atoms with Crippen LogP contribution < -0.4 is 14.4 Å². The van der Waals surface area contributed by atoms with E-state index < -0.39 is 28.5 Å². The van der Waals surface area contributed by atoms with Crippen LogP contribution in [0.3, 0.4) is 0 Å². The van der Waals surface area contributed by atoms with Crippen molar-refractivity contribution in [2.75, 3.05) is 24.0 Å². The largest absolute Gasteiger partial charge is 0.494 e. The first kappa shape index (κ1) is 32.2. The van der Waals surface area contributed by atoms with Gasteiger partial charge in [0.1, 0.15) is 18.3 Å². The molecule has 0 aliphatic carbocycles. The highest BCUT2D eigenvalue weighted by Gasteiger charge is 2.33. The lowest BCUT2D eigenvalue weighted by atomic mass is 10.1. The highest BCUT2D eigenvalue weighted by Crippen LogP contribution is 2.28. The minimum Gasteiger partial charge on any atom is -0.494 e. The van der Waals surface area contributed by atoms with Gasteiger partial charge >= 0.3 is 0 Å². The summed E-state index contributed by atoms with van der Waals surface area (Å²) in [6.45, 7) is 7.53. The predicted molar refractivity (Wildman–Crippen MR) is 163 cm³/mol. The van der Waals surface area contributed by atoms with Gasteiger partial charge in [-0.25, -0.2) is 8.42 Å². The Morgan fingerprint density at radius 1 is 0.902 bits per heavy atom. The van der Waals surface area contributed by atoms with Crippen molar-refractivity contribution < 1.29 is 22.7 Å². The highest BCUT2D eigenvalue weighted by atomic mass is 35.5. The van der Waals surface area contributed by atoms with E-state index in [4.69, 9.17) is 27.9 Å². The highest BCUT2D eigenvalue weighted by molar-refractivity contribution is 7.92. The van der Waals surface area contributed by atoms with Crippen molar-refractivity contribution >= 4 is 50.7 Å². The number of hydrogen-bond acceptors (Lipinski definition) is 5. The summed E-state index contributed by atoms with van der Waals surface area (Å²) in [6, 6.07) is 18.3. The van der Waals surface area contributed by atoms with Crippen LogP contribution in [0.25, 0.3) is 0 Å². The molecule has 0 spiro atoms. The van der Waals surface area contributed by atoms with E-state index in [-0.39, 0.29) is 23.3 Å². The number of carbonyl (C=O) groups is 2. The van der Waals surface area contributed by atoms with Crippen LogP contribution in [0.15, 0.2) is 77.7 Å². The van der Waals surface area contributed by atoms with Crippen molar-refractivity contribution in [3.63, 3.8) is 0 Å². The van der Waals surface area contributed by atoms with Crippen LogP contribution >= 0.6 is 23.2 Å². The molecule has 1 N–H and O–H groups in total. The van der Waals surface area contributed by atoms with E-state index in [1.165, 1.54) is 17.0 Å². The molecule has 0 saturated carbocycles. The number of hydrogen-bond donors (Lipinski definition) is 1. The molecule has 0 bridgehead atoms. The average Bonchev–Trinajstić information content (AvgIpc) is 2.95. The molecule has 8 nitrogen and oxygen atoms in total. The second kappa shape index (κ2) is 14.6. The molecule has 2 amide bonds. The van der Waals surface area contributed by atoms with Crippen LogP contribution in [0.2, 0.25) is 10.0 Å². The number of halogens is 2. The monoisotopic (exact) mass is 619 g/mol. The molecule has 0 saturated heterocycles. The van der Waals surface area contributed by atoms with E-state index in [1.807, 2.05) is 20.8 Å². The quantitative estimate of drug-likeness (QED) is 0.262. The Hall–Kier alpha value is -3.27. The molecule has 3 aromatic carbocycles. The molecule has 0 heterocycles. The summed E-state index contributed by atoms with van der Waals surface area (Å²) in [4.78, 5) is 28.4. The van der Waals surface area contributed by atoms with E-state index in [1.54, 1.807) is 67.6 Å². The standard InChI is InChI=1S/C30H35Cl2N3O5S/c1-5-40-24-14-16-25(17-15-24)41(38,39)35(23-10-7-6-8-11-23)20-29(36)34(22(4)30(37)33-18-21(2)3)19-26-27(31)12-9-13-28(26)32/h6-17,21-22H,5,18-20H2,1-4H3,(H,33,37)/t22-/m1/s1. The Morgan fingerprint density at radius 2 is 1.51 bits per heavy atom. The van der Waals surface area contributed by atoms with Crippen LogP contribution in [0.4, 0.5) is 5.69 Å². The fourth-order valence-corrected chi connectivity index (χ4v) is 5.94. The van der Waals surface area contributed by atoms with Gasteiger partial charge in [-0.2, -0.15) is 0 Å². The van der Waals surface area contributed by atoms with Crippen molar-refractivity contribution in [3.05, 3.63) is 88.4 Å². The number of benzene rings is 3. The average molecular weight is 621 g/mol. The van der Waals surface area contributed by atoms with Crippen molar-refractivity contribution in [1.82, 2.24) is 10.2 Å². The summed E-state index contributed by atoms with van der Waals surface area (Å²) in [5.74, 6) is -0.263. The van der Waals surface area contributed by atoms with Gasteiger partial charge < -0.3 is 15.0 Å². The number of nitrogens with zero attached hydrogens (tertiary/aromatic N) is 2. The van der Waals surface area contributed by atoms with E-state index in [9.17, 15) is 18.0 Å². The Balaban J connectivity index is 2.02. The third kappa shape index (κ3) is 8.38. The van der Waals surface area contributed by atoms with Gasteiger partial charge in [0.25, 0.3) is 10.0 Å². The first-order valence-corrected chi connectivity index (χ1v) is 15.5. The minimum atomic E-state index is -4.19. The van der Waals surface area contributed by atoms with Gasteiger partial charge in [-0.1, -0.05) is 61.3 Å². The molecule has 1 atom stereocenters. The van der Waals surface area contributed by atoms with Gasteiger partial charge in [0.05, 0.1) is 17.2 Å².